The number of anilines is 3. The molecule has 100 valence electrons. The number of carboxylic acids is 1. The first-order valence-electron chi connectivity index (χ1n) is 6.15. The van der Waals surface area contributed by atoms with Gasteiger partial charge in [-0.05, 0) is 24.3 Å². The molecule has 0 radical (unpaired) electrons. The second-order valence-electron chi connectivity index (χ2n) is 4.48. The van der Waals surface area contributed by atoms with E-state index in [9.17, 15) is 14.7 Å². The summed E-state index contributed by atoms with van der Waals surface area (Å²) in [7, 11) is 0. The number of carbonyl (C=O) groups excluding carboxylic acids is 1. The van der Waals surface area contributed by atoms with Crippen molar-refractivity contribution in [3.05, 3.63) is 54.1 Å². The molecule has 3 rings (SSSR count). The summed E-state index contributed by atoms with van der Waals surface area (Å²) in [5, 5.41) is 12.0. The second kappa shape index (κ2) is 4.70. The molecular formula is C15H12N2O3. The lowest BCUT2D eigenvalue weighted by Crippen LogP contribution is -2.36. The second-order valence-corrected chi connectivity index (χ2v) is 4.48. The lowest BCUT2D eigenvalue weighted by atomic mass is 10.1. The van der Waals surface area contributed by atoms with Crippen molar-refractivity contribution in [2.45, 2.75) is 0 Å². The van der Waals surface area contributed by atoms with Gasteiger partial charge in [0.2, 0.25) is 5.91 Å². The minimum absolute atomic E-state index is 0.0985. The molecule has 0 aliphatic carbocycles. The van der Waals surface area contributed by atoms with Gasteiger partial charge < -0.3 is 15.3 Å². The Kier molecular flexibility index (Phi) is 2.87. The van der Waals surface area contributed by atoms with E-state index in [2.05, 4.69) is 5.32 Å². The van der Waals surface area contributed by atoms with Crippen LogP contribution in [-0.2, 0) is 4.79 Å². The zero-order valence-corrected chi connectivity index (χ0v) is 10.5. The molecule has 0 aromatic heterocycles. The molecular weight excluding hydrogens is 256 g/mol. The minimum atomic E-state index is -1.01. The number of amides is 1. The quantitative estimate of drug-likeness (QED) is 0.877. The van der Waals surface area contributed by atoms with E-state index in [-0.39, 0.29) is 18.0 Å². The summed E-state index contributed by atoms with van der Waals surface area (Å²) in [6, 6.07) is 14.1. The van der Waals surface area contributed by atoms with Crippen LogP contribution >= 0.6 is 0 Å². The highest BCUT2D eigenvalue weighted by Gasteiger charge is 2.27. The summed E-state index contributed by atoms with van der Waals surface area (Å²) in [5.41, 5.74) is 2.00. The number of fused-ring (bicyclic) bond motifs is 1. The molecule has 0 fully saturated rings. The van der Waals surface area contributed by atoms with E-state index in [0.717, 1.165) is 5.69 Å². The van der Waals surface area contributed by atoms with Crippen molar-refractivity contribution in [1.29, 1.82) is 0 Å². The number of nitrogens with one attached hydrogen (secondary N) is 1. The van der Waals surface area contributed by atoms with Crippen LogP contribution in [0.1, 0.15) is 10.4 Å². The molecule has 0 saturated carbocycles. The summed E-state index contributed by atoms with van der Waals surface area (Å²) in [4.78, 5) is 24.9. The smallest absolute Gasteiger partial charge is 0.337 e. The first-order chi connectivity index (χ1) is 9.66. The van der Waals surface area contributed by atoms with E-state index in [1.54, 1.807) is 17.0 Å². The molecule has 1 amide bonds. The number of hydrogen-bond acceptors (Lipinski definition) is 3. The maximum Gasteiger partial charge on any atom is 0.337 e. The van der Waals surface area contributed by atoms with Gasteiger partial charge in [-0.1, -0.05) is 24.3 Å². The van der Waals surface area contributed by atoms with Crippen LogP contribution < -0.4 is 10.2 Å². The largest absolute Gasteiger partial charge is 0.478 e. The Morgan fingerprint density at radius 3 is 2.55 bits per heavy atom. The highest BCUT2D eigenvalue weighted by molar-refractivity contribution is 6.09. The number of benzene rings is 2. The molecule has 0 bridgehead atoms. The fourth-order valence-electron chi connectivity index (χ4n) is 2.35. The third-order valence-corrected chi connectivity index (χ3v) is 3.18. The van der Waals surface area contributed by atoms with Crippen molar-refractivity contribution in [2.75, 3.05) is 16.8 Å². The molecule has 0 spiro atoms. The van der Waals surface area contributed by atoms with Crippen LogP contribution in [0.3, 0.4) is 0 Å². The van der Waals surface area contributed by atoms with Crippen LogP contribution in [0.15, 0.2) is 48.5 Å². The Labute approximate surface area is 115 Å². The lowest BCUT2D eigenvalue weighted by Gasteiger charge is -2.32. The minimum Gasteiger partial charge on any atom is -0.478 e. The molecule has 0 atom stereocenters. The third-order valence-electron chi connectivity index (χ3n) is 3.18. The van der Waals surface area contributed by atoms with Gasteiger partial charge in [0.1, 0.15) is 6.54 Å². The molecule has 1 heterocycles. The number of rotatable bonds is 2. The van der Waals surface area contributed by atoms with Crippen molar-refractivity contribution < 1.29 is 14.7 Å². The molecule has 1 aliphatic rings. The van der Waals surface area contributed by atoms with E-state index < -0.39 is 5.97 Å². The lowest BCUT2D eigenvalue weighted by molar-refractivity contribution is -0.115. The summed E-state index contributed by atoms with van der Waals surface area (Å²) in [5.74, 6) is -1.18. The fourth-order valence-corrected chi connectivity index (χ4v) is 2.35. The van der Waals surface area contributed by atoms with Gasteiger partial charge in [0, 0.05) is 5.69 Å². The van der Waals surface area contributed by atoms with E-state index >= 15 is 0 Å². The van der Waals surface area contributed by atoms with Crippen molar-refractivity contribution in [3.63, 3.8) is 0 Å². The van der Waals surface area contributed by atoms with Gasteiger partial charge in [0.25, 0.3) is 0 Å². The SMILES string of the molecule is O=C1CN(c2ccccc2)c2c(cccc2C(=O)O)N1. The van der Waals surface area contributed by atoms with Gasteiger partial charge in [-0.2, -0.15) is 0 Å². The van der Waals surface area contributed by atoms with Crippen LogP contribution in [0.4, 0.5) is 17.1 Å². The normalized spacial score (nSPS) is 13.6. The zero-order chi connectivity index (χ0) is 14.1. The Hall–Kier alpha value is -2.82. The van der Waals surface area contributed by atoms with Crippen molar-refractivity contribution in [3.8, 4) is 0 Å². The first kappa shape index (κ1) is 12.2. The van der Waals surface area contributed by atoms with Crippen LogP contribution in [0.25, 0.3) is 0 Å². The first-order valence-corrected chi connectivity index (χ1v) is 6.15. The number of nitrogens with zero attached hydrogens (tertiary/aromatic N) is 1. The molecule has 5 nitrogen and oxygen atoms in total. The predicted octanol–water partition coefficient (Wildman–Crippen LogP) is 2.47. The van der Waals surface area contributed by atoms with Gasteiger partial charge in [0.15, 0.2) is 0 Å². The summed E-state index contributed by atoms with van der Waals surface area (Å²) < 4.78 is 0. The third kappa shape index (κ3) is 1.99. The van der Waals surface area contributed by atoms with E-state index in [0.29, 0.717) is 11.4 Å². The van der Waals surface area contributed by atoms with Crippen LogP contribution in [0.2, 0.25) is 0 Å². The maximum atomic E-state index is 11.8. The Morgan fingerprint density at radius 2 is 1.85 bits per heavy atom. The number of hydrogen-bond donors (Lipinski definition) is 2. The molecule has 1 aliphatic heterocycles. The van der Waals surface area contributed by atoms with Crippen molar-refractivity contribution in [1.82, 2.24) is 0 Å². The highest BCUT2D eigenvalue weighted by atomic mass is 16.4. The predicted molar refractivity (Wildman–Crippen MR) is 75.5 cm³/mol. The monoisotopic (exact) mass is 268 g/mol. The summed E-state index contributed by atoms with van der Waals surface area (Å²) in [6.07, 6.45) is 0. The molecule has 5 heteroatoms. The molecule has 0 saturated heterocycles. The number of para-hydroxylation sites is 2. The van der Waals surface area contributed by atoms with Crippen molar-refractivity contribution >= 4 is 28.9 Å². The van der Waals surface area contributed by atoms with Gasteiger partial charge in [-0.3, -0.25) is 4.79 Å². The van der Waals surface area contributed by atoms with Gasteiger partial charge >= 0.3 is 5.97 Å². The topological polar surface area (TPSA) is 69.6 Å². The number of carboxylic acid groups (broad SMARTS) is 1. The van der Waals surface area contributed by atoms with E-state index in [1.807, 2.05) is 30.3 Å². The van der Waals surface area contributed by atoms with Gasteiger partial charge in [0.05, 0.1) is 16.9 Å². The Morgan fingerprint density at radius 1 is 1.10 bits per heavy atom. The molecule has 20 heavy (non-hydrogen) atoms. The van der Waals surface area contributed by atoms with Crippen LogP contribution in [-0.4, -0.2) is 23.5 Å². The summed E-state index contributed by atoms with van der Waals surface area (Å²) in [6.45, 7) is 0.0985. The number of carbonyl (C=O) groups is 2. The van der Waals surface area contributed by atoms with Crippen molar-refractivity contribution in [2.24, 2.45) is 0 Å². The Bertz CT molecular complexity index is 683. The summed E-state index contributed by atoms with van der Waals surface area (Å²) >= 11 is 0. The van der Waals surface area contributed by atoms with Gasteiger partial charge in [-0.15, -0.1) is 0 Å². The van der Waals surface area contributed by atoms with E-state index in [1.165, 1.54) is 6.07 Å². The average molecular weight is 268 g/mol. The molecule has 0 unspecified atom stereocenters. The van der Waals surface area contributed by atoms with Gasteiger partial charge in [-0.25, -0.2) is 4.79 Å². The fraction of sp³-hybridized carbons (Fsp3) is 0.0667. The standard InChI is InChI=1S/C15H12N2O3/c18-13-9-17(10-5-2-1-3-6-10)14-11(15(19)20)7-4-8-12(14)16-13/h1-8H,9H2,(H,16,18)(H,19,20). The molecule has 2 aromatic carbocycles. The number of aromatic carboxylic acids is 1. The highest BCUT2D eigenvalue weighted by Crippen LogP contribution is 2.37. The van der Waals surface area contributed by atoms with Crippen LogP contribution in [0.5, 0.6) is 0 Å². The van der Waals surface area contributed by atoms with E-state index in [4.69, 9.17) is 0 Å². The molecule has 2 aromatic rings. The molecule has 2 N–H and O–H groups in total. The maximum absolute atomic E-state index is 11.8. The average Bonchev–Trinajstić information content (AvgIpc) is 2.46. The Balaban J connectivity index is 2.20. The zero-order valence-electron chi connectivity index (χ0n) is 10.5. The van der Waals surface area contributed by atoms with Crippen LogP contribution in [0, 0.1) is 0 Å².